The average molecular weight is 578 g/mol. The zero-order valence-electron chi connectivity index (χ0n) is 24.4. The molecule has 5 rings (SSSR count). The Hall–Kier alpha value is -3.74. The molecule has 1 aliphatic heterocycles. The molecule has 1 saturated heterocycles. The van der Waals surface area contributed by atoms with Gasteiger partial charge in [-0.2, -0.15) is 4.98 Å². The summed E-state index contributed by atoms with van der Waals surface area (Å²) < 4.78 is 15.9. The fraction of sp³-hybridized carbons (Fsp3) is 0.414. The summed E-state index contributed by atoms with van der Waals surface area (Å²) in [6.07, 6.45) is 7.29. The predicted molar refractivity (Wildman–Crippen MR) is 168 cm³/mol. The maximum Gasteiger partial charge on any atom is 0.263 e. The van der Waals surface area contributed by atoms with Crippen LogP contribution in [0.25, 0.3) is 22.4 Å². The fourth-order valence-corrected chi connectivity index (χ4v) is 5.73. The summed E-state index contributed by atoms with van der Waals surface area (Å²) in [5.74, 6) is 4.57. The quantitative estimate of drug-likeness (QED) is 0.290. The third kappa shape index (κ3) is 6.29. The van der Waals surface area contributed by atoms with E-state index >= 15 is 0 Å². The Balaban J connectivity index is 1.48. The monoisotopic (exact) mass is 577 g/mol. The Morgan fingerprint density at radius 2 is 1.95 bits per heavy atom. The van der Waals surface area contributed by atoms with Gasteiger partial charge in [-0.1, -0.05) is 0 Å². The molecule has 0 aliphatic carbocycles. The molecule has 0 radical (unpaired) electrons. The molecule has 0 saturated carbocycles. The number of nitrogens with one attached hydrogen (secondary N) is 2. The van der Waals surface area contributed by atoms with Gasteiger partial charge in [0.25, 0.3) is 5.56 Å². The molecule has 2 unspecified atom stereocenters. The minimum atomic E-state index is -2.53. The average Bonchev–Trinajstić information content (AvgIpc) is 3.34. The van der Waals surface area contributed by atoms with E-state index in [9.17, 15) is 9.00 Å². The number of rotatable bonds is 9. The van der Waals surface area contributed by atoms with Gasteiger partial charge in [0.05, 0.1) is 5.56 Å². The van der Waals surface area contributed by atoms with Gasteiger partial charge < -0.3 is 25.0 Å². The molecule has 0 spiro atoms. The van der Waals surface area contributed by atoms with E-state index < -0.39 is 9.52 Å². The maximum atomic E-state index is 13.8. The van der Waals surface area contributed by atoms with Crippen molar-refractivity contribution in [2.24, 2.45) is 7.05 Å². The molecule has 1 aromatic carbocycles. The Kier molecular flexibility index (Phi) is 8.16. The summed E-state index contributed by atoms with van der Waals surface area (Å²) in [7, 11) is 5.31. The van der Waals surface area contributed by atoms with E-state index in [0.29, 0.717) is 52.5 Å². The SMILES string of the molecule is C=S(C)(=O)c1cn(C)c(-c2cc3cnc(Nc4ccc(N(C)C5CCCNC5)cc4)nc3n(CCN(C)C)c2=O)n1. The minimum absolute atomic E-state index is 0.222. The highest BCUT2D eigenvalue weighted by Gasteiger charge is 2.20. The molecule has 41 heavy (non-hydrogen) atoms. The summed E-state index contributed by atoms with van der Waals surface area (Å²) >= 11 is 0. The number of aromatic nitrogens is 5. The van der Waals surface area contributed by atoms with Crippen molar-refractivity contribution in [2.75, 3.05) is 57.2 Å². The third-order valence-corrected chi connectivity index (χ3v) is 8.57. The summed E-state index contributed by atoms with van der Waals surface area (Å²) in [5.41, 5.74) is 2.72. The molecule has 4 aromatic rings. The van der Waals surface area contributed by atoms with Crippen LogP contribution >= 0.6 is 0 Å². The zero-order valence-corrected chi connectivity index (χ0v) is 25.2. The van der Waals surface area contributed by atoms with E-state index in [0.717, 1.165) is 24.5 Å². The number of nitrogens with zero attached hydrogens (tertiary/aromatic N) is 7. The first-order valence-corrected chi connectivity index (χ1v) is 15.9. The van der Waals surface area contributed by atoms with Crippen molar-refractivity contribution in [3.05, 3.63) is 53.1 Å². The lowest BCUT2D eigenvalue weighted by atomic mass is 10.1. The lowest BCUT2D eigenvalue weighted by Gasteiger charge is -2.33. The van der Waals surface area contributed by atoms with Crippen molar-refractivity contribution < 1.29 is 4.21 Å². The number of aryl methyl sites for hydroxylation is 1. The van der Waals surface area contributed by atoms with Crippen LogP contribution in [0.4, 0.5) is 17.3 Å². The van der Waals surface area contributed by atoms with Crippen LogP contribution in [-0.4, -0.2) is 92.1 Å². The molecule has 0 bridgehead atoms. The second-order valence-corrected chi connectivity index (χ2v) is 13.5. The number of pyridine rings is 1. The first kappa shape index (κ1) is 28.8. The van der Waals surface area contributed by atoms with Gasteiger partial charge >= 0.3 is 0 Å². The van der Waals surface area contributed by atoms with Gasteiger partial charge in [0, 0.05) is 84.7 Å². The molecule has 1 fully saturated rings. The van der Waals surface area contributed by atoms with Crippen LogP contribution in [0.15, 0.2) is 52.5 Å². The van der Waals surface area contributed by atoms with Crippen molar-refractivity contribution in [2.45, 2.75) is 30.5 Å². The van der Waals surface area contributed by atoms with Crippen LogP contribution in [0.5, 0.6) is 0 Å². The molecule has 1 aliphatic rings. The van der Waals surface area contributed by atoms with Crippen LogP contribution in [0.1, 0.15) is 12.8 Å². The highest BCUT2D eigenvalue weighted by molar-refractivity contribution is 7.99. The zero-order chi connectivity index (χ0) is 29.3. The Bertz CT molecular complexity index is 1700. The van der Waals surface area contributed by atoms with Crippen LogP contribution in [-0.2, 0) is 23.1 Å². The first-order chi connectivity index (χ1) is 19.5. The largest absolute Gasteiger partial charge is 0.370 e. The summed E-state index contributed by atoms with van der Waals surface area (Å²) in [6.45, 7) is 3.16. The molecule has 11 nitrogen and oxygen atoms in total. The number of hydrogen-bond donors (Lipinski definition) is 2. The number of piperidine rings is 1. The van der Waals surface area contributed by atoms with Gasteiger partial charge in [-0.3, -0.25) is 13.6 Å². The van der Waals surface area contributed by atoms with Crippen molar-refractivity contribution >= 4 is 43.7 Å². The van der Waals surface area contributed by atoms with E-state index in [4.69, 9.17) is 4.98 Å². The standard InChI is InChI=1S/C29H39N9O2S/c1-35(2)14-15-38-26-20(16-24(28(38)39)27-33-25(19-36(27)3)41(5,6)40)17-31-29(34-26)32-21-9-11-22(12-10-21)37(4)23-8-7-13-30-18-23/h9-12,16-17,19,23,30H,5,7-8,13-15,18H2,1-4,6H3,(H,31,32,34). The van der Waals surface area contributed by atoms with Crippen LogP contribution < -0.4 is 21.1 Å². The Morgan fingerprint density at radius 1 is 1.20 bits per heavy atom. The number of fused-ring (bicyclic) bond motifs is 1. The smallest absolute Gasteiger partial charge is 0.263 e. The Labute approximate surface area is 241 Å². The first-order valence-electron chi connectivity index (χ1n) is 13.7. The second kappa shape index (κ2) is 11.6. The van der Waals surface area contributed by atoms with E-state index in [-0.39, 0.29) is 5.56 Å². The third-order valence-electron chi connectivity index (χ3n) is 7.48. The molecule has 2 N–H and O–H groups in total. The van der Waals surface area contributed by atoms with Crippen molar-refractivity contribution in [3.63, 3.8) is 0 Å². The molecular weight excluding hydrogens is 538 g/mol. The molecule has 12 heteroatoms. The molecular formula is C29H39N9O2S. The highest BCUT2D eigenvalue weighted by Crippen LogP contribution is 2.25. The lowest BCUT2D eigenvalue weighted by Crippen LogP contribution is -2.44. The second-order valence-electron chi connectivity index (χ2n) is 11.1. The van der Waals surface area contributed by atoms with Gasteiger partial charge in [0.2, 0.25) is 5.95 Å². The minimum Gasteiger partial charge on any atom is -0.370 e. The number of anilines is 3. The molecule has 4 heterocycles. The van der Waals surface area contributed by atoms with Crippen LogP contribution in [0, 0.1) is 0 Å². The van der Waals surface area contributed by atoms with Gasteiger partial charge in [-0.15, -0.1) is 0 Å². The Morgan fingerprint density at radius 3 is 2.59 bits per heavy atom. The van der Waals surface area contributed by atoms with Gasteiger partial charge in [0.15, 0.2) is 0 Å². The van der Waals surface area contributed by atoms with Crippen molar-refractivity contribution in [1.29, 1.82) is 0 Å². The number of imidazole rings is 1. The van der Waals surface area contributed by atoms with Gasteiger partial charge in [0.1, 0.15) is 16.5 Å². The van der Waals surface area contributed by atoms with E-state index in [1.165, 1.54) is 19.1 Å². The molecule has 0 amide bonds. The van der Waals surface area contributed by atoms with E-state index in [1.807, 2.05) is 31.1 Å². The summed E-state index contributed by atoms with van der Waals surface area (Å²) in [6, 6.07) is 10.5. The van der Waals surface area contributed by atoms with Gasteiger partial charge in [-0.25, -0.2) is 9.97 Å². The fourth-order valence-electron chi connectivity index (χ4n) is 5.07. The number of benzene rings is 1. The van der Waals surface area contributed by atoms with Crippen molar-refractivity contribution in [3.8, 4) is 11.4 Å². The topological polar surface area (TPSA) is 113 Å². The lowest BCUT2D eigenvalue weighted by molar-refractivity contribution is 0.384. The van der Waals surface area contributed by atoms with E-state index in [2.05, 4.69) is 50.6 Å². The molecule has 218 valence electrons. The maximum absolute atomic E-state index is 13.8. The van der Waals surface area contributed by atoms with Gasteiger partial charge in [-0.05, 0) is 69.7 Å². The van der Waals surface area contributed by atoms with Crippen LogP contribution in [0.3, 0.4) is 0 Å². The predicted octanol–water partition coefficient (Wildman–Crippen LogP) is 2.39. The summed E-state index contributed by atoms with van der Waals surface area (Å²) in [4.78, 5) is 32.0. The highest BCUT2D eigenvalue weighted by atomic mass is 32.2. The summed E-state index contributed by atoms with van der Waals surface area (Å²) in [5, 5.41) is 7.83. The number of hydrogen-bond acceptors (Lipinski definition) is 9. The molecule has 2 atom stereocenters. The van der Waals surface area contributed by atoms with E-state index in [1.54, 1.807) is 34.6 Å². The normalized spacial score (nSPS) is 17.1. The molecule has 3 aromatic heterocycles. The number of likely N-dealkylation sites (N-methyl/N-ethyl adjacent to an activating group) is 2. The van der Waals surface area contributed by atoms with Crippen molar-refractivity contribution in [1.82, 2.24) is 34.3 Å². The van der Waals surface area contributed by atoms with Crippen LogP contribution in [0.2, 0.25) is 0 Å².